The number of aliphatic imine (C=N–C) groups is 1. The van der Waals surface area contributed by atoms with Gasteiger partial charge in [0.25, 0.3) is 0 Å². The van der Waals surface area contributed by atoms with Crippen LogP contribution in [0.5, 0.6) is 0 Å². The molecule has 3 heteroatoms. The zero-order valence-electron chi connectivity index (χ0n) is 10.7. The molecule has 0 aliphatic carbocycles. The van der Waals surface area contributed by atoms with Gasteiger partial charge in [0.2, 0.25) is 0 Å². The number of benzene rings is 1. The summed E-state index contributed by atoms with van der Waals surface area (Å²) in [7, 11) is -0.948. The molecule has 0 N–H and O–H groups in total. The lowest BCUT2D eigenvalue weighted by Crippen LogP contribution is -2.19. The number of hydrogen-bond donors (Lipinski definition) is 0. The zero-order valence-corrected chi connectivity index (χ0v) is 12.5. The molecule has 1 aromatic rings. The van der Waals surface area contributed by atoms with E-state index < -0.39 is 8.07 Å². The highest BCUT2D eigenvalue weighted by molar-refractivity contribution is 8.13. The Bertz CT molecular complexity index is 341. The van der Waals surface area contributed by atoms with Crippen LogP contribution in [-0.4, -0.2) is 19.4 Å². The molecule has 0 aliphatic heterocycles. The molecule has 0 aliphatic rings. The van der Waals surface area contributed by atoms with Crippen molar-refractivity contribution in [1.82, 2.24) is 0 Å². The lowest BCUT2D eigenvalue weighted by molar-refractivity contribution is 1.22. The van der Waals surface area contributed by atoms with E-state index in [1.54, 1.807) is 11.8 Å². The van der Waals surface area contributed by atoms with E-state index >= 15 is 0 Å². The lowest BCUT2D eigenvalue weighted by Gasteiger charge is -2.15. The summed E-state index contributed by atoms with van der Waals surface area (Å²) in [5.74, 6) is 0. The van der Waals surface area contributed by atoms with Gasteiger partial charge < -0.3 is 0 Å². The molecule has 88 valence electrons. The van der Waals surface area contributed by atoms with Crippen LogP contribution >= 0.6 is 11.8 Å². The summed E-state index contributed by atoms with van der Waals surface area (Å²) >= 11 is 1.78. The third-order valence-electron chi connectivity index (χ3n) is 2.33. The smallest absolute Gasteiger partial charge is 0.0733 e. The molecule has 1 rings (SSSR count). The van der Waals surface area contributed by atoms with Gasteiger partial charge >= 0.3 is 0 Å². The van der Waals surface area contributed by atoms with Crippen molar-refractivity contribution in [3.63, 3.8) is 0 Å². The van der Waals surface area contributed by atoms with Crippen LogP contribution in [0.4, 0.5) is 5.69 Å². The Balaban J connectivity index is 2.64. The SMILES string of the molecule is CSC(CC[Si](C)(C)C)=Nc1ccccc1. The molecule has 0 radical (unpaired) electrons. The third-order valence-corrected chi connectivity index (χ3v) is 4.85. The Morgan fingerprint density at radius 2 is 1.81 bits per heavy atom. The highest BCUT2D eigenvalue weighted by Crippen LogP contribution is 2.19. The van der Waals surface area contributed by atoms with E-state index in [4.69, 9.17) is 0 Å². The van der Waals surface area contributed by atoms with Crippen LogP contribution in [0.15, 0.2) is 35.3 Å². The molecule has 16 heavy (non-hydrogen) atoms. The van der Waals surface area contributed by atoms with Gasteiger partial charge in [-0.3, -0.25) is 0 Å². The number of nitrogens with zero attached hydrogens (tertiary/aromatic N) is 1. The molecule has 0 unspecified atom stereocenters. The molecule has 0 saturated carbocycles. The second-order valence-electron chi connectivity index (χ2n) is 5.11. The molecule has 0 fully saturated rings. The molecule has 0 atom stereocenters. The predicted octanol–water partition coefficient (Wildman–Crippen LogP) is 4.81. The van der Waals surface area contributed by atoms with E-state index in [9.17, 15) is 0 Å². The molecular formula is C13H21NSSi. The van der Waals surface area contributed by atoms with Gasteiger partial charge in [-0.15, -0.1) is 11.8 Å². The van der Waals surface area contributed by atoms with Crippen molar-refractivity contribution in [2.24, 2.45) is 4.99 Å². The Kier molecular flexibility index (Phi) is 5.29. The molecule has 0 saturated heterocycles. The van der Waals surface area contributed by atoms with Crippen LogP contribution in [0.2, 0.25) is 25.7 Å². The highest BCUT2D eigenvalue weighted by atomic mass is 32.2. The van der Waals surface area contributed by atoms with Crippen LogP contribution in [0.25, 0.3) is 0 Å². The van der Waals surface area contributed by atoms with E-state index in [-0.39, 0.29) is 0 Å². The Hall–Kier alpha value is -0.543. The van der Waals surface area contributed by atoms with E-state index in [0.29, 0.717) is 0 Å². The Morgan fingerprint density at radius 3 is 2.31 bits per heavy atom. The zero-order chi connectivity index (χ0) is 12.0. The van der Waals surface area contributed by atoms with Gasteiger partial charge in [0.05, 0.1) is 10.7 Å². The van der Waals surface area contributed by atoms with E-state index in [1.165, 1.54) is 11.1 Å². The predicted molar refractivity (Wildman–Crippen MR) is 79.8 cm³/mol. The molecule has 1 aromatic carbocycles. The van der Waals surface area contributed by atoms with Gasteiger partial charge in [-0.25, -0.2) is 4.99 Å². The molecule has 0 heterocycles. The molecule has 0 amide bonds. The molecular weight excluding hydrogens is 230 g/mol. The average Bonchev–Trinajstić information content (AvgIpc) is 2.24. The first kappa shape index (κ1) is 13.5. The van der Waals surface area contributed by atoms with E-state index in [0.717, 1.165) is 12.1 Å². The first-order valence-electron chi connectivity index (χ1n) is 5.68. The van der Waals surface area contributed by atoms with Gasteiger partial charge in [0.15, 0.2) is 0 Å². The van der Waals surface area contributed by atoms with Gasteiger partial charge in [-0.05, 0) is 24.8 Å². The van der Waals surface area contributed by atoms with Crippen LogP contribution in [0.1, 0.15) is 6.42 Å². The van der Waals surface area contributed by atoms with Crippen molar-refractivity contribution < 1.29 is 0 Å². The Labute approximate surface area is 104 Å². The standard InChI is InChI=1S/C13H21NSSi/c1-15-13(10-11-16(2,3)4)14-12-8-6-5-7-9-12/h5-9H,10-11H2,1-4H3. The average molecular weight is 251 g/mol. The molecule has 1 nitrogen and oxygen atoms in total. The lowest BCUT2D eigenvalue weighted by atomic mass is 10.3. The van der Waals surface area contributed by atoms with E-state index in [2.05, 4.69) is 43.0 Å². The van der Waals surface area contributed by atoms with Crippen molar-refractivity contribution in [3.05, 3.63) is 30.3 Å². The number of para-hydroxylation sites is 1. The fraction of sp³-hybridized carbons (Fsp3) is 0.462. The summed E-state index contributed by atoms with van der Waals surface area (Å²) < 4.78 is 0. The van der Waals surface area contributed by atoms with Crippen LogP contribution in [-0.2, 0) is 0 Å². The fourth-order valence-corrected chi connectivity index (χ4v) is 3.00. The topological polar surface area (TPSA) is 12.4 Å². The Morgan fingerprint density at radius 1 is 1.19 bits per heavy atom. The first-order chi connectivity index (χ1) is 7.51. The summed E-state index contributed by atoms with van der Waals surface area (Å²) in [6.45, 7) is 7.23. The summed E-state index contributed by atoms with van der Waals surface area (Å²) in [4.78, 5) is 4.68. The van der Waals surface area contributed by atoms with Crippen molar-refractivity contribution in [3.8, 4) is 0 Å². The summed E-state index contributed by atoms with van der Waals surface area (Å²) in [5, 5.41) is 1.26. The first-order valence-corrected chi connectivity index (χ1v) is 10.6. The number of hydrogen-bond acceptors (Lipinski definition) is 2. The van der Waals surface area contributed by atoms with Gasteiger partial charge in [-0.1, -0.05) is 43.9 Å². The minimum Gasteiger partial charge on any atom is -0.247 e. The van der Waals surface area contributed by atoms with Crippen LogP contribution < -0.4 is 0 Å². The van der Waals surface area contributed by atoms with Gasteiger partial charge in [0.1, 0.15) is 0 Å². The molecule has 0 spiro atoms. The molecule has 0 bridgehead atoms. The van der Waals surface area contributed by atoms with Crippen molar-refractivity contribution in [1.29, 1.82) is 0 Å². The number of rotatable bonds is 4. The maximum atomic E-state index is 4.68. The second kappa shape index (κ2) is 6.26. The van der Waals surface area contributed by atoms with Gasteiger partial charge in [-0.2, -0.15) is 0 Å². The van der Waals surface area contributed by atoms with Gasteiger partial charge in [0, 0.05) is 8.07 Å². The van der Waals surface area contributed by atoms with Crippen molar-refractivity contribution in [2.45, 2.75) is 32.1 Å². The minimum atomic E-state index is -0.948. The largest absolute Gasteiger partial charge is 0.247 e. The summed E-state index contributed by atoms with van der Waals surface area (Å²) in [5.41, 5.74) is 1.07. The van der Waals surface area contributed by atoms with Crippen molar-refractivity contribution in [2.75, 3.05) is 6.26 Å². The third kappa shape index (κ3) is 5.52. The van der Waals surface area contributed by atoms with Crippen LogP contribution in [0.3, 0.4) is 0 Å². The van der Waals surface area contributed by atoms with E-state index in [1.807, 2.05) is 18.2 Å². The maximum absolute atomic E-state index is 4.68. The quantitative estimate of drug-likeness (QED) is 0.425. The monoisotopic (exact) mass is 251 g/mol. The fourth-order valence-electron chi connectivity index (χ4n) is 1.33. The molecule has 0 aromatic heterocycles. The summed E-state index contributed by atoms with van der Waals surface area (Å²) in [6, 6.07) is 11.5. The second-order valence-corrected chi connectivity index (χ2v) is 11.6. The van der Waals surface area contributed by atoms with Crippen LogP contribution in [0, 0.1) is 0 Å². The van der Waals surface area contributed by atoms with Crippen molar-refractivity contribution >= 4 is 30.6 Å². The minimum absolute atomic E-state index is 0.948. The highest BCUT2D eigenvalue weighted by Gasteiger charge is 2.13. The maximum Gasteiger partial charge on any atom is 0.0733 e. The summed E-state index contributed by atoms with van der Waals surface area (Å²) in [6.07, 6.45) is 3.25. The number of thioether (sulfide) groups is 1. The normalized spacial score (nSPS) is 12.9.